The van der Waals surface area contributed by atoms with Crippen LogP contribution >= 0.6 is 0 Å². The maximum atomic E-state index is 10.9. The minimum atomic E-state index is -0.708. The molecule has 0 aliphatic heterocycles. The number of nitro benzene ring substituents is 1. The Kier molecular flexibility index (Phi) is 3.86. The molecule has 17 heavy (non-hydrogen) atoms. The molecule has 0 aliphatic carbocycles. The summed E-state index contributed by atoms with van der Waals surface area (Å²) in [5.41, 5.74) is 5.13. The van der Waals surface area contributed by atoms with E-state index in [2.05, 4.69) is 5.32 Å². The minimum absolute atomic E-state index is 0.140. The largest absolute Gasteiger partial charge is 0.497 e. The molecule has 3 N–H and O–H groups in total. The zero-order valence-corrected chi connectivity index (χ0v) is 9.47. The number of methoxy groups -OCH3 is 1. The van der Waals surface area contributed by atoms with Crippen molar-refractivity contribution in [2.24, 2.45) is 5.73 Å². The Morgan fingerprint density at radius 2 is 2.24 bits per heavy atom. The van der Waals surface area contributed by atoms with E-state index < -0.39 is 16.9 Å². The van der Waals surface area contributed by atoms with E-state index in [4.69, 9.17) is 10.5 Å². The molecule has 0 fully saturated rings. The fourth-order valence-corrected chi connectivity index (χ4v) is 1.22. The van der Waals surface area contributed by atoms with Crippen LogP contribution in [0.5, 0.6) is 5.75 Å². The highest BCUT2D eigenvalue weighted by molar-refractivity contribution is 5.83. The van der Waals surface area contributed by atoms with Crippen LogP contribution in [0.15, 0.2) is 18.2 Å². The van der Waals surface area contributed by atoms with Crippen molar-refractivity contribution in [3.63, 3.8) is 0 Å². The third kappa shape index (κ3) is 3.07. The summed E-state index contributed by atoms with van der Waals surface area (Å²) >= 11 is 0. The van der Waals surface area contributed by atoms with Crippen LogP contribution < -0.4 is 15.8 Å². The first kappa shape index (κ1) is 12.8. The number of benzene rings is 1. The van der Waals surface area contributed by atoms with E-state index >= 15 is 0 Å². The predicted molar refractivity (Wildman–Crippen MR) is 61.9 cm³/mol. The number of amides is 1. The molecule has 7 heteroatoms. The molecule has 1 unspecified atom stereocenters. The molecule has 1 amide bonds. The third-order valence-electron chi connectivity index (χ3n) is 2.20. The van der Waals surface area contributed by atoms with E-state index in [-0.39, 0.29) is 11.4 Å². The summed E-state index contributed by atoms with van der Waals surface area (Å²) in [5, 5.41) is 13.5. The topological polar surface area (TPSA) is 107 Å². The maximum absolute atomic E-state index is 10.9. The van der Waals surface area contributed by atoms with Crippen molar-refractivity contribution in [3.05, 3.63) is 28.3 Å². The molecule has 1 rings (SSSR count). The molecule has 0 spiro atoms. The fraction of sp³-hybridized carbons (Fsp3) is 0.300. The normalized spacial score (nSPS) is 11.6. The highest BCUT2D eigenvalue weighted by Crippen LogP contribution is 2.29. The van der Waals surface area contributed by atoms with Gasteiger partial charge < -0.3 is 15.8 Å². The standard InChI is InChI=1S/C10H13N3O4/c1-6(10(11)14)12-8-5-7(17-2)3-4-9(8)13(15)16/h3-6,12H,1-2H3,(H2,11,14). The van der Waals surface area contributed by atoms with Gasteiger partial charge in [-0.3, -0.25) is 14.9 Å². The number of rotatable bonds is 5. The molecule has 1 atom stereocenters. The lowest BCUT2D eigenvalue weighted by molar-refractivity contribution is -0.384. The van der Waals surface area contributed by atoms with Gasteiger partial charge in [0.25, 0.3) is 5.69 Å². The Labute approximate surface area is 97.7 Å². The van der Waals surface area contributed by atoms with Crippen molar-refractivity contribution in [2.45, 2.75) is 13.0 Å². The summed E-state index contributed by atoms with van der Waals surface area (Å²) in [5.74, 6) is -0.142. The number of carbonyl (C=O) groups excluding carboxylic acids is 1. The lowest BCUT2D eigenvalue weighted by Crippen LogP contribution is -2.32. The summed E-state index contributed by atoms with van der Waals surface area (Å²) in [6.07, 6.45) is 0. The van der Waals surface area contributed by atoms with Gasteiger partial charge in [0.05, 0.1) is 12.0 Å². The summed E-state index contributed by atoms with van der Waals surface area (Å²) in [6.45, 7) is 1.52. The molecule has 0 bridgehead atoms. The molecule has 0 saturated heterocycles. The maximum Gasteiger partial charge on any atom is 0.292 e. The smallest absolute Gasteiger partial charge is 0.292 e. The number of nitrogens with two attached hydrogens (primary N) is 1. The lowest BCUT2D eigenvalue weighted by atomic mass is 10.2. The van der Waals surface area contributed by atoms with Gasteiger partial charge in [0.15, 0.2) is 0 Å². The summed E-state index contributed by atoms with van der Waals surface area (Å²) < 4.78 is 4.95. The first-order valence-corrected chi connectivity index (χ1v) is 4.84. The van der Waals surface area contributed by atoms with Crippen molar-refractivity contribution in [1.29, 1.82) is 0 Å². The van der Waals surface area contributed by atoms with E-state index in [1.807, 2.05) is 0 Å². The molecule has 1 aromatic carbocycles. The number of primary amides is 1. The van der Waals surface area contributed by atoms with E-state index in [1.165, 1.54) is 32.2 Å². The molecule has 0 aromatic heterocycles. The molecule has 0 radical (unpaired) electrons. The van der Waals surface area contributed by atoms with Gasteiger partial charge in [-0.1, -0.05) is 0 Å². The van der Waals surface area contributed by atoms with Gasteiger partial charge in [0.1, 0.15) is 17.5 Å². The molecule has 0 saturated carbocycles. The molecular formula is C10H13N3O4. The van der Waals surface area contributed by atoms with E-state index in [1.54, 1.807) is 0 Å². The zero-order valence-electron chi connectivity index (χ0n) is 9.47. The molecule has 0 heterocycles. The van der Waals surface area contributed by atoms with Gasteiger partial charge >= 0.3 is 0 Å². The van der Waals surface area contributed by atoms with E-state index in [0.29, 0.717) is 5.75 Å². The second-order valence-corrected chi connectivity index (χ2v) is 3.41. The van der Waals surface area contributed by atoms with Gasteiger partial charge in [0.2, 0.25) is 5.91 Å². The average Bonchev–Trinajstić information content (AvgIpc) is 2.28. The van der Waals surface area contributed by atoms with Crippen molar-refractivity contribution >= 4 is 17.3 Å². The van der Waals surface area contributed by atoms with Gasteiger partial charge in [-0.15, -0.1) is 0 Å². The van der Waals surface area contributed by atoms with Crippen LogP contribution in [0, 0.1) is 10.1 Å². The number of hydrogen-bond donors (Lipinski definition) is 2. The van der Waals surface area contributed by atoms with Crippen molar-refractivity contribution in [3.8, 4) is 5.75 Å². The molecule has 1 aromatic rings. The number of ether oxygens (including phenoxy) is 1. The second-order valence-electron chi connectivity index (χ2n) is 3.41. The summed E-state index contributed by atoms with van der Waals surface area (Å²) in [4.78, 5) is 21.1. The van der Waals surface area contributed by atoms with Crippen LogP contribution in [0.1, 0.15) is 6.92 Å². The van der Waals surface area contributed by atoms with Crippen LogP contribution in [-0.2, 0) is 4.79 Å². The number of nitrogens with zero attached hydrogens (tertiary/aromatic N) is 1. The van der Waals surface area contributed by atoms with Gasteiger partial charge in [-0.25, -0.2) is 0 Å². The van der Waals surface area contributed by atoms with Crippen LogP contribution in [0.2, 0.25) is 0 Å². The van der Waals surface area contributed by atoms with E-state index in [9.17, 15) is 14.9 Å². The number of carbonyl (C=O) groups is 1. The zero-order chi connectivity index (χ0) is 13.0. The summed E-state index contributed by atoms with van der Waals surface area (Å²) in [6, 6.07) is 3.51. The van der Waals surface area contributed by atoms with Crippen molar-refractivity contribution in [2.75, 3.05) is 12.4 Å². The van der Waals surface area contributed by atoms with E-state index in [0.717, 1.165) is 0 Å². The lowest BCUT2D eigenvalue weighted by Gasteiger charge is -2.12. The molecular weight excluding hydrogens is 226 g/mol. The Morgan fingerprint density at radius 1 is 1.59 bits per heavy atom. The van der Waals surface area contributed by atoms with Gasteiger partial charge in [-0.05, 0) is 13.0 Å². The minimum Gasteiger partial charge on any atom is -0.497 e. The number of anilines is 1. The van der Waals surface area contributed by atoms with Crippen LogP contribution in [0.3, 0.4) is 0 Å². The Hall–Kier alpha value is -2.31. The monoisotopic (exact) mass is 239 g/mol. The highest BCUT2D eigenvalue weighted by atomic mass is 16.6. The Balaban J connectivity index is 3.09. The first-order chi connectivity index (χ1) is 7.95. The van der Waals surface area contributed by atoms with Gasteiger partial charge in [-0.2, -0.15) is 0 Å². The van der Waals surface area contributed by atoms with Crippen molar-refractivity contribution in [1.82, 2.24) is 0 Å². The van der Waals surface area contributed by atoms with Crippen LogP contribution in [-0.4, -0.2) is 24.0 Å². The third-order valence-corrected chi connectivity index (χ3v) is 2.20. The first-order valence-electron chi connectivity index (χ1n) is 4.84. The molecule has 0 aliphatic rings. The SMILES string of the molecule is COc1ccc([N+](=O)[O-])c(NC(C)C(N)=O)c1. The quantitative estimate of drug-likeness (QED) is 0.586. The highest BCUT2D eigenvalue weighted by Gasteiger charge is 2.18. The van der Waals surface area contributed by atoms with Crippen LogP contribution in [0.25, 0.3) is 0 Å². The van der Waals surface area contributed by atoms with Gasteiger partial charge in [0, 0.05) is 12.1 Å². The Morgan fingerprint density at radius 3 is 2.71 bits per heavy atom. The van der Waals surface area contributed by atoms with Crippen LogP contribution in [0.4, 0.5) is 11.4 Å². The second kappa shape index (κ2) is 5.15. The molecule has 7 nitrogen and oxygen atoms in total. The predicted octanol–water partition coefficient (Wildman–Crippen LogP) is 0.889. The number of nitrogens with one attached hydrogen (secondary N) is 1. The molecule has 92 valence electrons. The Bertz CT molecular complexity index is 447. The average molecular weight is 239 g/mol. The number of nitro groups is 1. The fourth-order valence-electron chi connectivity index (χ4n) is 1.22. The number of hydrogen-bond acceptors (Lipinski definition) is 5. The summed E-state index contributed by atoms with van der Waals surface area (Å²) in [7, 11) is 1.45. The van der Waals surface area contributed by atoms with Crippen molar-refractivity contribution < 1.29 is 14.5 Å².